The SMILES string of the molecule is O.OCC1OC2OC3C(CO)OC(OC4C(CO)OC(OC5C(CO)OC(OC6C(CO)OC(OC7C(CO)OC(OC1C(O)C2O)C(O)C7O)C(O)C6O)C(O)C5O)C(O)C4O)C(O)C3O. The minimum Gasteiger partial charge on any atom is -0.412 e. The third kappa shape index (κ3) is 10.7. The average molecular weight is 991 g/mol. The molecule has 0 aromatic heterocycles. The summed E-state index contributed by atoms with van der Waals surface area (Å²) < 4.78 is 67.9. The van der Waals surface area contributed by atoms with Crippen LogP contribution in [-0.4, -0.2) is 321 Å². The molecule has 22 rings (SSSR count). The Labute approximate surface area is 378 Å². The molecule has 0 aliphatic carbocycles. The van der Waals surface area contributed by atoms with Crippen LogP contribution in [0.15, 0.2) is 0 Å². The summed E-state index contributed by atoms with van der Waals surface area (Å²) in [5, 5.41) is 196. The minimum absolute atomic E-state index is 0. The van der Waals surface area contributed by atoms with Crippen molar-refractivity contribution in [1.29, 1.82) is 0 Å². The Hall–Kier alpha value is -1.24. The van der Waals surface area contributed by atoms with E-state index in [0.29, 0.717) is 0 Å². The molecule has 30 unspecified atom stereocenters. The number of hydrogen-bond acceptors (Lipinski definition) is 30. The fourth-order valence-corrected chi connectivity index (χ4v) is 8.93. The van der Waals surface area contributed by atoms with Crippen LogP contribution in [-0.2, 0) is 56.8 Å². The molecule has 22 saturated heterocycles. The van der Waals surface area contributed by atoms with Crippen molar-refractivity contribution >= 4 is 0 Å². The number of ether oxygens (including phenoxy) is 12. The third-order valence-corrected chi connectivity index (χ3v) is 12.7. The van der Waals surface area contributed by atoms with Crippen LogP contribution in [0.1, 0.15) is 0 Å². The monoisotopic (exact) mass is 990 g/mol. The second-order valence-corrected chi connectivity index (χ2v) is 16.8. The molecule has 22 aliphatic rings. The second kappa shape index (κ2) is 23.1. The Morgan fingerprint density at radius 1 is 0.194 bits per heavy atom. The van der Waals surface area contributed by atoms with Crippen LogP contribution in [0.5, 0.6) is 0 Å². The first-order chi connectivity index (χ1) is 31.4. The van der Waals surface area contributed by atoms with Gasteiger partial charge in [-0.25, -0.2) is 0 Å². The van der Waals surface area contributed by atoms with Crippen molar-refractivity contribution in [3.05, 3.63) is 0 Å². The van der Waals surface area contributed by atoms with Gasteiger partial charge in [-0.05, 0) is 0 Å². The van der Waals surface area contributed by atoms with Gasteiger partial charge < -0.3 is 154 Å². The molecule has 0 radical (unpaired) electrons. The highest BCUT2D eigenvalue weighted by Gasteiger charge is 2.58. The Bertz CT molecular complexity index is 1230. The molecule has 22 fully saturated rings. The van der Waals surface area contributed by atoms with Crippen molar-refractivity contribution < 1.29 is 154 Å². The molecule has 30 atom stereocenters. The van der Waals surface area contributed by atoms with Crippen LogP contribution in [0.2, 0.25) is 0 Å². The van der Waals surface area contributed by atoms with Crippen LogP contribution in [0, 0.1) is 0 Å². The summed E-state index contributed by atoms with van der Waals surface area (Å²) in [5.74, 6) is 0. The summed E-state index contributed by atoms with van der Waals surface area (Å²) in [6.07, 6.45) is -58.5. The van der Waals surface area contributed by atoms with Crippen molar-refractivity contribution in [2.24, 2.45) is 0 Å². The number of hydrogen-bond donors (Lipinski definition) is 18. The Morgan fingerprint density at radius 2 is 0.313 bits per heavy atom. The molecule has 0 aromatic carbocycles. The highest BCUT2D eigenvalue weighted by atomic mass is 16.8. The number of rotatable bonds is 6. The van der Waals surface area contributed by atoms with E-state index in [0.717, 1.165) is 0 Å². The Kier molecular flexibility index (Phi) is 19.0. The maximum Gasteiger partial charge on any atom is 0.187 e. The van der Waals surface area contributed by atoms with Crippen LogP contribution in [0.25, 0.3) is 0 Å². The van der Waals surface area contributed by atoms with E-state index in [1.807, 2.05) is 0 Å². The minimum atomic E-state index is -2.15. The molecule has 22 aliphatic heterocycles. The topological polar surface area (TPSA) is 506 Å². The van der Waals surface area contributed by atoms with Gasteiger partial charge >= 0.3 is 0 Å². The first kappa shape index (κ1) is 55.1. The van der Waals surface area contributed by atoms with Crippen LogP contribution < -0.4 is 0 Å². The lowest BCUT2D eigenvalue weighted by Gasteiger charge is -2.50. The molecule has 31 heteroatoms. The summed E-state index contributed by atoms with van der Waals surface area (Å²) >= 11 is 0. The van der Waals surface area contributed by atoms with Crippen molar-refractivity contribution in [2.75, 3.05) is 39.6 Å². The van der Waals surface area contributed by atoms with Gasteiger partial charge in [0.15, 0.2) is 37.7 Å². The number of aliphatic hydroxyl groups excluding tert-OH is 18. The fourth-order valence-electron chi connectivity index (χ4n) is 8.93. The highest BCUT2D eigenvalue weighted by Crippen LogP contribution is 2.38. The first-order valence-corrected chi connectivity index (χ1v) is 21.1. The van der Waals surface area contributed by atoms with Gasteiger partial charge in [0.2, 0.25) is 0 Å². The summed E-state index contributed by atoms with van der Waals surface area (Å²) in [6, 6.07) is 0. The molecule has 20 N–H and O–H groups in total. The van der Waals surface area contributed by atoms with Gasteiger partial charge in [-0.1, -0.05) is 0 Å². The molecular formula is C36H62O31. The van der Waals surface area contributed by atoms with E-state index in [1.165, 1.54) is 0 Å². The van der Waals surface area contributed by atoms with E-state index in [4.69, 9.17) is 56.8 Å². The lowest BCUT2D eigenvalue weighted by molar-refractivity contribution is -0.404. The molecular weight excluding hydrogens is 928 g/mol. The Balaban J connectivity index is 0.00000741. The van der Waals surface area contributed by atoms with Crippen molar-refractivity contribution in [3.63, 3.8) is 0 Å². The largest absolute Gasteiger partial charge is 0.412 e. The van der Waals surface area contributed by atoms with E-state index in [9.17, 15) is 91.9 Å². The standard InChI is InChI=1S/C36H60O30.H2O/c37-1-7-25-13(43)19(49)31(55-7)62-26-8(2-38)57-33(21(51)15(26)45)64-28-10(4-40)59-35(23(53)17(28)47)66-30-12(6-42)60-36(24(54)18(30)48)65-29-11(5-41)58-34(22(52)16(29)46)63-27-9(3-39)56-32(61-25)20(50)14(27)44;/h7-54H,1-6H2;1H2. The quantitative estimate of drug-likeness (QED) is 0.117. The highest BCUT2D eigenvalue weighted by molar-refractivity contribution is 5.01. The summed E-state index contributed by atoms with van der Waals surface area (Å²) in [6.45, 7) is -5.99. The summed E-state index contributed by atoms with van der Waals surface area (Å²) in [5.41, 5.74) is 0. The maximum atomic E-state index is 11.2. The molecule has 392 valence electrons. The van der Waals surface area contributed by atoms with Crippen molar-refractivity contribution in [2.45, 2.75) is 184 Å². The predicted octanol–water partition coefficient (Wildman–Crippen LogP) is -13.9. The van der Waals surface area contributed by atoms with Crippen LogP contribution in [0.4, 0.5) is 0 Å². The van der Waals surface area contributed by atoms with Gasteiger partial charge in [-0.15, -0.1) is 0 Å². The predicted molar refractivity (Wildman–Crippen MR) is 199 cm³/mol. The van der Waals surface area contributed by atoms with Crippen molar-refractivity contribution in [3.8, 4) is 0 Å². The third-order valence-electron chi connectivity index (χ3n) is 12.7. The maximum absolute atomic E-state index is 11.2. The Morgan fingerprint density at radius 3 is 0.418 bits per heavy atom. The van der Waals surface area contributed by atoms with Gasteiger partial charge in [0.25, 0.3) is 0 Å². The van der Waals surface area contributed by atoms with Crippen LogP contribution in [0.3, 0.4) is 0 Å². The second-order valence-electron chi connectivity index (χ2n) is 16.8. The van der Waals surface area contributed by atoms with Gasteiger partial charge in [-0.2, -0.15) is 0 Å². The van der Waals surface area contributed by atoms with Crippen LogP contribution >= 0.6 is 0 Å². The normalized spacial score (nSPS) is 54.5. The summed E-state index contributed by atoms with van der Waals surface area (Å²) in [4.78, 5) is 0. The molecule has 31 nitrogen and oxygen atoms in total. The van der Waals surface area contributed by atoms with Gasteiger partial charge in [0, 0.05) is 0 Å². The molecule has 0 amide bonds. The molecule has 0 aromatic rings. The lowest BCUT2D eigenvalue weighted by Crippen LogP contribution is -2.69. The smallest absolute Gasteiger partial charge is 0.187 e. The van der Waals surface area contributed by atoms with Crippen molar-refractivity contribution in [1.82, 2.24) is 0 Å². The zero-order valence-electron chi connectivity index (χ0n) is 35.0. The molecule has 22 heterocycles. The van der Waals surface area contributed by atoms with E-state index in [-0.39, 0.29) is 5.48 Å². The average Bonchev–Trinajstić information content (AvgIpc) is 3.31. The van der Waals surface area contributed by atoms with E-state index in [1.54, 1.807) is 0 Å². The zero-order valence-corrected chi connectivity index (χ0v) is 35.0. The molecule has 67 heavy (non-hydrogen) atoms. The zero-order chi connectivity index (χ0) is 48.0. The first-order valence-electron chi connectivity index (χ1n) is 21.1. The molecule has 0 spiro atoms. The van der Waals surface area contributed by atoms with Gasteiger partial charge in [0.05, 0.1) is 39.6 Å². The molecule has 0 saturated carbocycles. The fraction of sp³-hybridized carbons (Fsp3) is 1.00. The van der Waals surface area contributed by atoms with Gasteiger partial charge in [-0.3, -0.25) is 0 Å². The van der Waals surface area contributed by atoms with E-state index < -0.39 is 224 Å². The number of aliphatic hydroxyl groups is 18. The van der Waals surface area contributed by atoms with E-state index >= 15 is 0 Å². The summed E-state index contributed by atoms with van der Waals surface area (Å²) in [7, 11) is 0. The van der Waals surface area contributed by atoms with Gasteiger partial charge in [0.1, 0.15) is 146 Å². The lowest BCUT2D eigenvalue weighted by atomic mass is 9.94. The molecule has 12 bridgehead atoms. The van der Waals surface area contributed by atoms with E-state index in [2.05, 4.69) is 0 Å².